The number of rotatable bonds is 5. The first-order valence-corrected chi connectivity index (χ1v) is 8.45. The molecule has 4 nitrogen and oxygen atoms in total. The molecule has 122 valence electrons. The van der Waals surface area contributed by atoms with Crippen LogP contribution in [-0.4, -0.2) is 16.0 Å². The molecule has 0 unspecified atom stereocenters. The van der Waals surface area contributed by atoms with Crippen molar-refractivity contribution in [1.29, 1.82) is 0 Å². The van der Waals surface area contributed by atoms with Gasteiger partial charge >= 0.3 is 0 Å². The van der Waals surface area contributed by atoms with Crippen LogP contribution in [0.4, 0.5) is 0 Å². The summed E-state index contributed by atoms with van der Waals surface area (Å²) in [7, 11) is 0. The zero-order valence-electron chi connectivity index (χ0n) is 13.3. The summed E-state index contributed by atoms with van der Waals surface area (Å²) in [4.78, 5) is 18.0. The topological polar surface area (TPSA) is 62.2 Å². The number of aryl methyl sites for hydroxylation is 1. The van der Waals surface area contributed by atoms with Gasteiger partial charge in [-0.3, -0.25) is 4.79 Å². The molecule has 24 heavy (non-hydrogen) atoms. The van der Waals surface area contributed by atoms with Gasteiger partial charge in [0, 0.05) is 11.1 Å². The molecule has 0 atom stereocenters. The number of amides is 1. The Morgan fingerprint density at radius 3 is 2.08 bits per heavy atom. The highest BCUT2D eigenvalue weighted by Crippen LogP contribution is 2.30. The van der Waals surface area contributed by atoms with E-state index in [0.717, 1.165) is 9.88 Å². The number of hydrogen-bond acceptors (Lipinski definition) is 4. The number of nitrogens with one attached hydrogen (secondary N) is 1. The van der Waals surface area contributed by atoms with Crippen molar-refractivity contribution in [3.63, 3.8) is 0 Å². The molecule has 5 heteroatoms. The predicted molar refractivity (Wildman–Crippen MR) is 94.6 cm³/mol. The van der Waals surface area contributed by atoms with Crippen LogP contribution in [0, 0.1) is 6.92 Å². The van der Waals surface area contributed by atoms with E-state index in [2.05, 4.69) is 10.3 Å². The highest BCUT2D eigenvalue weighted by atomic mass is 32.1. The molecular formula is C19H18N2O2S. The van der Waals surface area contributed by atoms with Crippen LogP contribution < -0.4 is 5.32 Å². The van der Waals surface area contributed by atoms with Crippen molar-refractivity contribution in [2.24, 2.45) is 0 Å². The number of carbonyl (C=O) groups is 1. The SMILES string of the molecule is Cc1ncc(CNC(=O)C(O)(c2ccccc2)c2ccccc2)s1. The average Bonchev–Trinajstić information content (AvgIpc) is 3.05. The Kier molecular flexibility index (Phi) is 4.74. The molecule has 1 amide bonds. The summed E-state index contributed by atoms with van der Waals surface area (Å²) in [5.74, 6) is -0.453. The molecule has 0 fully saturated rings. The van der Waals surface area contributed by atoms with Crippen molar-refractivity contribution in [2.45, 2.75) is 19.1 Å². The van der Waals surface area contributed by atoms with Crippen molar-refractivity contribution >= 4 is 17.2 Å². The maximum absolute atomic E-state index is 12.9. The van der Waals surface area contributed by atoms with E-state index in [9.17, 15) is 9.90 Å². The zero-order valence-corrected chi connectivity index (χ0v) is 14.1. The number of carbonyl (C=O) groups excluding carboxylic acids is 1. The van der Waals surface area contributed by atoms with Gasteiger partial charge in [0.1, 0.15) is 0 Å². The first-order valence-electron chi connectivity index (χ1n) is 7.63. The van der Waals surface area contributed by atoms with Gasteiger partial charge in [0.15, 0.2) is 5.60 Å². The van der Waals surface area contributed by atoms with Crippen LogP contribution in [0.3, 0.4) is 0 Å². The molecule has 3 rings (SSSR count). The normalized spacial score (nSPS) is 11.2. The molecule has 2 aromatic carbocycles. The Morgan fingerprint density at radius 2 is 1.62 bits per heavy atom. The van der Waals surface area contributed by atoms with E-state index < -0.39 is 11.5 Å². The molecule has 1 aromatic heterocycles. The fourth-order valence-electron chi connectivity index (χ4n) is 2.57. The summed E-state index contributed by atoms with van der Waals surface area (Å²) >= 11 is 1.52. The largest absolute Gasteiger partial charge is 0.372 e. The van der Waals surface area contributed by atoms with Crippen molar-refractivity contribution in [2.75, 3.05) is 0 Å². The summed E-state index contributed by atoms with van der Waals surface area (Å²) in [6.45, 7) is 2.26. The molecule has 0 radical (unpaired) electrons. The molecule has 0 bridgehead atoms. The monoisotopic (exact) mass is 338 g/mol. The van der Waals surface area contributed by atoms with E-state index in [0.29, 0.717) is 17.7 Å². The molecular weight excluding hydrogens is 320 g/mol. The van der Waals surface area contributed by atoms with E-state index in [4.69, 9.17) is 0 Å². The Bertz CT molecular complexity index is 776. The van der Waals surface area contributed by atoms with Crippen molar-refractivity contribution in [1.82, 2.24) is 10.3 Å². The van der Waals surface area contributed by atoms with Crippen molar-refractivity contribution < 1.29 is 9.90 Å². The van der Waals surface area contributed by atoms with Gasteiger partial charge in [-0.15, -0.1) is 11.3 Å². The van der Waals surface area contributed by atoms with Crippen LogP contribution in [-0.2, 0) is 16.9 Å². The summed E-state index contributed by atoms with van der Waals surface area (Å²) in [6.07, 6.45) is 1.74. The maximum Gasteiger partial charge on any atom is 0.261 e. The van der Waals surface area contributed by atoms with E-state index in [-0.39, 0.29) is 0 Å². The van der Waals surface area contributed by atoms with Crippen LogP contribution in [0.1, 0.15) is 21.0 Å². The smallest absolute Gasteiger partial charge is 0.261 e. The van der Waals surface area contributed by atoms with Crippen LogP contribution in [0.5, 0.6) is 0 Å². The quantitative estimate of drug-likeness (QED) is 0.752. The van der Waals surface area contributed by atoms with Gasteiger partial charge in [-0.25, -0.2) is 4.98 Å². The minimum Gasteiger partial charge on any atom is -0.372 e. The van der Waals surface area contributed by atoms with Gasteiger partial charge in [0.25, 0.3) is 5.91 Å². The highest BCUT2D eigenvalue weighted by Gasteiger charge is 2.39. The fourth-order valence-corrected chi connectivity index (χ4v) is 3.30. The molecule has 0 aliphatic carbocycles. The van der Waals surface area contributed by atoms with E-state index in [1.165, 1.54) is 11.3 Å². The second-order valence-electron chi connectivity index (χ2n) is 5.47. The number of thiazole rings is 1. The van der Waals surface area contributed by atoms with Crippen molar-refractivity contribution in [3.05, 3.63) is 87.9 Å². The lowest BCUT2D eigenvalue weighted by Gasteiger charge is -2.28. The van der Waals surface area contributed by atoms with E-state index in [1.807, 2.05) is 43.3 Å². The standard InChI is InChI=1S/C19H18N2O2S/c1-14-20-12-17(24-14)13-21-18(22)19(23,15-8-4-2-5-9-15)16-10-6-3-7-11-16/h2-12,23H,13H2,1H3,(H,21,22). The summed E-state index contributed by atoms with van der Waals surface area (Å²) in [5.41, 5.74) is -0.661. The van der Waals surface area contributed by atoms with E-state index in [1.54, 1.807) is 30.5 Å². The molecule has 0 saturated heterocycles. The molecule has 0 aliphatic heterocycles. The average molecular weight is 338 g/mol. The minimum absolute atomic E-state index is 0.340. The maximum atomic E-state index is 12.9. The Hall–Kier alpha value is -2.50. The van der Waals surface area contributed by atoms with Crippen LogP contribution >= 0.6 is 11.3 Å². The number of benzene rings is 2. The first-order chi connectivity index (χ1) is 11.6. The van der Waals surface area contributed by atoms with Crippen LogP contribution in [0.15, 0.2) is 66.9 Å². The molecule has 3 aromatic rings. The van der Waals surface area contributed by atoms with E-state index >= 15 is 0 Å². The molecule has 1 heterocycles. The number of hydrogen-bond donors (Lipinski definition) is 2. The second-order valence-corrected chi connectivity index (χ2v) is 6.79. The molecule has 0 spiro atoms. The van der Waals surface area contributed by atoms with Gasteiger partial charge in [0.05, 0.1) is 11.6 Å². The lowest BCUT2D eigenvalue weighted by atomic mass is 9.85. The summed E-state index contributed by atoms with van der Waals surface area (Å²) in [5, 5.41) is 15.1. The fraction of sp³-hybridized carbons (Fsp3) is 0.158. The third-order valence-electron chi connectivity index (χ3n) is 3.80. The summed E-state index contributed by atoms with van der Waals surface area (Å²) in [6, 6.07) is 18.0. The van der Waals surface area contributed by atoms with Gasteiger partial charge < -0.3 is 10.4 Å². The van der Waals surface area contributed by atoms with Gasteiger partial charge in [-0.2, -0.15) is 0 Å². The second kappa shape index (κ2) is 6.95. The molecule has 0 saturated carbocycles. The van der Waals surface area contributed by atoms with Gasteiger partial charge in [-0.1, -0.05) is 60.7 Å². The lowest BCUT2D eigenvalue weighted by molar-refractivity contribution is -0.136. The predicted octanol–water partition coefficient (Wildman–Crippen LogP) is 3.00. The van der Waals surface area contributed by atoms with Crippen LogP contribution in [0.25, 0.3) is 0 Å². The third kappa shape index (κ3) is 3.22. The number of aliphatic hydroxyl groups is 1. The Labute approximate surface area is 144 Å². The Morgan fingerprint density at radius 1 is 1.08 bits per heavy atom. The van der Waals surface area contributed by atoms with Gasteiger partial charge in [-0.05, 0) is 18.1 Å². The number of aromatic nitrogens is 1. The first kappa shape index (κ1) is 16.4. The summed E-state index contributed by atoms with van der Waals surface area (Å²) < 4.78 is 0. The molecule has 0 aliphatic rings. The third-order valence-corrected chi connectivity index (χ3v) is 4.72. The number of nitrogens with zero attached hydrogens (tertiary/aromatic N) is 1. The van der Waals surface area contributed by atoms with Gasteiger partial charge in [0.2, 0.25) is 0 Å². The highest BCUT2D eigenvalue weighted by molar-refractivity contribution is 7.11. The Balaban J connectivity index is 1.91. The van der Waals surface area contributed by atoms with Crippen molar-refractivity contribution in [3.8, 4) is 0 Å². The zero-order chi connectivity index (χ0) is 17.0. The minimum atomic E-state index is -1.73. The lowest BCUT2D eigenvalue weighted by Crippen LogP contribution is -2.45. The molecule has 2 N–H and O–H groups in total. The van der Waals surface area contributed by atoms with Crippen LogP contribution in [0.2, 0.25) is 0 Å².